The van der Waals surface area contributed by atoms with E-state index >= 15 is 0 Å². The highest BCUT2D eigenvalue weighted by Crippen LogP contribution is 2.48. The maximum Gasteiger partial charge on any atom is 1.04 e. The summed E-state index contributed by atoms with van der Waals surface area (Å²) in [7, 11) is 0. The summed E-state index contributed by atoms with van der Waals surface area (Å²) < 4.78 is 20.9. The monoisotopic (exact) mass is 331 g/mol. The lowest BCUT2D eigenvalue weighted by Crippen LogP contribution is -2.53. The van der Waals surface area contributed by atoms with Gasteiger partial charge in [-0.25, -0.2) is 0 Å². The second-order valence-electron chi connectivity index (χ2n) is 5.74. The molecule has 0 N–H and O–H groups in total. The van der Waals surface area contributed by atoms with Gasteiger partial charge >= 0.3 is 15.0 Å². The van der Waals surface area contributed by atoms with Crippen LogP contribution in [0.5, 0.6) is 17.2 Å². The Hall–Kier alpha value is -2.61. The second kappa shape index (κ2) is 5.48. The minimum atomic E-state index is -2.23. The first-order chi connectivity index (χ1) is 11.9. The molecule has 5 rings (SSSR count). The van der Waals surface area contributed by atoms with E-state index in [1.54, 1.807) is 0 Å². The molecule has 4 nitrogen and oxygen atoms in total. The number of nitrogens with zero attached hydrogens (tertiary/aromatic N) is 1. The number of rotatable bonds is 2. The van der Waals surface area contributed by atoms with Crippen LogP contribution in [0.3, 0.4) is 0 Å². The van der Waals surface area contributed by atoms with Crippen molar-refractivity contribution in [2.45, 2.75) is 6.23 Å². The fourth-order valence-corrected chi connectivity index (χ4v) is 5.14. The van der Waals surface area contributed by atoms with Gasteiger partial charge in [-0.15, -0.1) is 0 Å². The van der Waals surface area contributed by atoms with Gasteiger partial charge in [0.05, 0.1) is 17.2 Å². The Morgan fingerprint density at radius 1 is 0.792 bits per heavy atom. The van der Waals surface area contributed by atoms with Crippen molar-refractivity contribution < 1.29 is 12.3 Å². The summed E-state index contributed by atoms with van der Waals surface area (Å²) >= 11 is -2.23. The van der Waals surface area contributed by atoms with E-state index < -0.39 is 15.0 Å². The molecule has 3 aromatic carbocycles. The SMILES string of the molecule is c1ccc([O][Al]2[O]c3ccccc3C3Oc4ccccc4[N]32)cc1. The van der Waals surface area contributed by atoms with E-state index in [-0.39, 0.29) is 6.23 Å². The van der Waals surface area contributed by atoms with Crippen molar-refractivity contribution in [2.75, 3.05) is 3.88 Å². The molecule has 2 aliphatic heterocycles. The molecule has 3 aromatic rings. The zero-order valence-corrected chi connectivity index (χ0v) is 14.0. The lowest BCUT2D eigenvalue weighted by molar-refractivity contribution is 0.218. The van der Waals surface area contributed by atoms with Crippen LogP contribution in [0.25, 0.3) is 0 Å². The maximum absolute atomic E-state index is 6.27. The van der Waals surface area contributed by atoms with Crippen LogP contribution >= 0.6 is 0 Å². The molecule has 0 amide bonds. The minimum Gasteiger partial charge on any atom is -0.594 e. The highest BCUT2D eigenvalue weighted by molar-refractivity contribution is 6.52. The third-order valence-electron chi connectivity index (χ3n) is 4.25. The van der Waals surface area contributed by atoms with Crippen molar-refractivity contribution in [2.24, 2.45) is 0 Å². The van der Waals surface area contributed by atoms with E-state index in [4.69, 9.17) is 12.3 Å². The smallest absolute Gasteiger partial charge is 0.594 e. The lowest BCUT2D eigenvalue weighted by atomic mass is 10.2. The minimum absolute atomic E-state index is 0.187. The molecule has 1 atom stereocenters. The normalized spacial score (nSPS) is 17.2. The van der Waals surface area contributed by atoms with Crippen LogP contribution in [0, 0.1) is 0 Å². The first kappa shape index (κ1) is 13.8. The zero-order valence-electron chi connectivity index (χ0n) is 12.8. The van der Waals surface area contributed by atoms with Gasteiger partial charge in [0.25, 0.3) is 0 Å². The molecular formula is C19H14AlNO3. The summed E-state index contributed by atoms with van der Waals surface area (Å²) in [5.74, 6) is 2.53. The molecule has 2 aliphatic rings. The summed E-state index contributed by atoms with van der Waals surface area (Å²) in [5.41, 5.74) is 2.07. The Balaban J connectivity index is 1.60. The van der Waals surface area contributed by atoms with Crippen molar-refractivity contribution >= 4 is 20.7 Å². The summed E-state index contributed by atoms with van der Waals surface area (Å²) in [4.78, 5) is 0. The fraction of sp³-hybridized carbons (Fsp3) is 0.0526. The van der Waals surface area contributed by atoms with Crippen LogP contribution in [0.2, 0.25) is 0 Å². The molecule has 0 spiro atoms. The lowest BCUT2D eigenvalue weighted by Gasteiger charge is -2.34. The van der Waals surface area contributed by atoms with Gasteiger partial charge in [0.2, 0.25) is 0 Å². The standard InChI is InChI=1S/C13H10NO2.C6H6O.Al/c15-11-7-3-1-5-9(11)13-14-10-6-2-4-8-12(10)16-13;7-6-4-2-1-3-5-6;/h1-8,13,15H;1-5,7H;/q-1;;+3/p-2. The van der Waals surface area contributed by atoms with E-state index in [0.29, 0.717) is 0 Å². The number of ether oxygens (including phenoxy) is 1. The van der Waals surface area contributed by atoms with Crippen molar-refractivity contribution in [1.82, 2.24) is 0 Å². The number of para-hydroxylation sites is 4. The molecular weight excluding hydrogens is 317 g/mol. The average molecular weight is 331 g/mol. The van der Waals surface area contributed by atoms with Crippen LogP contribution in [-0.4, -0.2) is 15.0 Å². The highest BCUT2D eigenvalue weighted by Gasteiger charge is 2.56. The largest absolute Gasteiger partial charge is 1.04 e. The van der Waals surface area contributed by atoms with E-state index in [1.165, 1.54) is 0 Å². The molecule has 5 heteroatoms. The van der Waals surface area contributed by atoms with Gasteiger partial charge in [-0.1, -0.05) is 42.5 Å². The van der Waals surface area contributed by atoms with Crippen molar-refractivity contribution in [3.8, 4) is 17.2 Å². The first-order valence-electron chi connectivity index (χ1n) is 7.91. The van der Waals surface area contributed by atoms with Crippen molar-refractivity contribution in [1.29, 1.82) is 0 Å². The molecule has 0 saturated carbocycles. The summed E-state index contributed by atoms with van der Waals surface area (Å²) in [5, 5.41) is 0. The van der Waals surface area contributed by atoms with E-state index in [9.17, 15) is 0 Å². The summed E-state index contributed by atoms with van der Waals surface area (Å²) in [6, 6.07) is 25.9. The fourth-order valence-electron chi connectivity index (χ4n) is 3.16. The van der Waals surface area contributed by atoms with Gasteiger partial charge in [0.15, 0.2) is 6.23 Å². The molecule has 116 valence electrons. The molecule has 0 aliphatic carbocycles. The van der Waals surface area contributed by atoms with Crippen molar-refractivity contribution in [3.63, 3.8) is 0 Å². The number of fused-ring (bicyclic) bond motifs is 5. The highest BCUT2D eigenvalue weighted by atomic mass is 27.2. The number of hydrogen-bond donors (Lipinski definition) is 0. The van der Waals surface area contributed by atoms with Crippen LogP contribution in [0.4, 0.5) is 5.69 Å². The van der Waals surface area contributed by atoms with E-state index in [0.717, 1.165) is 28.5 Å². The second-order valence-corrected chi connectivity index (χ2v) is 7.38. The van der Waals surface area contributed by atoms with E-state index in [1.807, 2.05) is 72.8 Å². The Morgan fingerprint density at radius 2 is 1.50 bits per heavy atom. The first-order valence-corrected chi connectivity index (χ1v) is 9.37. The summed E-state index contributed by atoms with van der Waals surface area (Å²) in [6.07, 6.45) is -0.187. The molecule has 0 bridgehead atoms. The summed E-state index contributed by atoms with van der Waals surface area (Å²) in [6.45, 7) is 0. The van der Waals surface area contributed by atoms with Gasteiger partial charge < -0.3 is 16.2 Å². The third kappa shape index (κ3) is 2.14. The van der Waals surface area contributed by atoms with Gasteiger partial charge in [-0.05, 0) is 36.4 Å². The Labute approximate surface area is 145 Å². The van der Waals surface area contributed by atoms with Gasteiger partial charge in [-0.2, -0.15) is 0 Å². The topological polar surface area (TPSA) is 30.9 Å². The molecule has 0 fully saturated rings. The van der Waals surface area contributed by atoms with Crippen LogP contribution in [0.15, 0.2) is 78.9 Å². The zero-order chi connectivity index (χ0) is 15.9. The Bertz CT molecular complexity index is 887. The maximum atomic E-state index is 6.27. The molecule has 0 saturated heterocycles. The quantitative estimate of drug-likeness (QED) is 0.663. The number of benzene rings is 3. The molecule has 1 unspecified atom stereocenters. The van der Waals surface area contributed by atoms with Gasteiger partial charge in [0.1, 0.15) is 5.75 Å². The molecule has 24 heavy (non-hydrogen) atoms. The number of anilines is 1. The third-order valence-corrected chi connectivity index (χ3v) is 6.19. The average Bonchev–Trinajstić information content (AvgIpc) is 3.03. The predicted octanol–water partition coefficient (Wildman–Crippen LogP) is 4.04. The van der Waals surface area contributed by atoms with E-state index in [2.05, 4.69) is 9.95 Å². The molecule has 0 radical (unpaired) electrons. The van der Waals surface area contributed by atoms with Crippen LogP contribution < -0.4 is 16.2 Å². The molecule has 0 aromatic heterocycles. The van der Waals surface area contributed by atoms with Crippen LogP contribution in [-0.2, 0) is 0 Å². The number of hydrogen-bond acceptors (Lipinski definition) is 4. The van der Waals surface area contributed by atoms with Crippen LogP contribution in [0.1, 0.15) is 11.8 Å². The van der Waals surface area contributed by atoms with Gasteiger partial charge in [0, 0.05) is 5.56 Å². The van der Waals surface area contributed by atoms with Gasteiger partial charge in [-0.3, -0.25) is 0 Å². The Kier molecular flexibility index (Phi) is 3.15. The van der Waals surface area contributed by atoms with Crippen molar-refractivity contribution in [3.05, 3.63) is 84.4 Å². The predicted molar refractivity (Wildman–Crippen MR) is 92.2 cm³/mol. The Morgan fingerprint density at radius 3 is 2.38 bits per heavy atom. The molecule has 2 heterocycles.